The van der Waals surface area contributed by atoms with Crippen LogP contribution < -0.4 is 0 Å². The molecule has 0 bridgehead atoms. The zero-order chi connectivity index (χ0) is 19.7. The van der Waals surface area contributed by atoms with E-state index in [1.54, 1.807) is 23.8 Å². The van der Waals surface area contributed by atoms with E-state index >= 15 is 0 Å². The van der Waals surface area contributed by atoms with E-state index in [2.05, 4.69) is 15.2 Å². The fourth-order valence-corrected chi connectivity index (χ4v) is 4.78. The van der Waals surface area contributed by atoms with Gasteiger partial charge in [-0.2, -0.15) is 0 Å². The second kappa shape index (κ2) is 7.76. The normalized spacial score (nSPS) is 11.2. The number of thiazole rings is 1. The molecule has 4 aromatic rings. The standard InChI is InChI=1S/C19H19N5O2S2/c1-4-23-17(16-6-5-8-26-16)21-22-19(23)28-11-15(25)14-10-12(2)24(13(14)3)18-20-7-9-27-18/h5-10H,4,11H2,1-3H3. The molecule has 0 fully saturated rings. The summed E-state index contributed by atoms with van der Waals surface area (Å²) < 4.78 is 9.40. The summed E-state index contributed by atoms with van der Waals surface area (Å²) in [4.78, 5) is 17.2. The molecular formula is C19H19N5O2S2. The Bertz CT molecular complexity index is 1090. The minimum atomic E-state index is 0.0612. The first-order valence-electron chi connectivity index (χ1n) is 8.82. The molecule has 9 heteroatoms. The van der Waals surface area contributed by atoms with Crippen LogP contribution in [0, 0.1) is 13.8 Å². The van der Waals surface area contributed by atoms with Crippen molar-refractivity contribution in [3.05, 3.63) is 53.0 Å². The van der Waals surface area contributed by atoms with Crippen LogP contribution in [0.3, 0.4) is 0 Å². The monoisotopic (exact) mass is 413 g/mol. The molecule has 144 valence electrons. The first-order valence-corrected chi connectivity index (χ1v) is 10.7. The fourth-order valence-electron chi connectivity index (χ4n) is 3.14. The van der Waals surface area contributed by atoms with E-state index in [-0.39, 0.29) is 5.78 Å². The molecule has 0 aromatic carbocycles. The Labute approximate surface area is 170 Å². The minimum absolute atomic E-state index is 0.0612. The molecule has 0 N–H and O–H groups in total. The number of rotatable bonds is 7. The Hall–Kier alpha value is -2.65. The molecule has 0 spiro atoms. The van der Waals surface area contributed by atoms with Gasteiger partial charge in [-0.3, -0.25) is 13.9 Å². The predicted molar refractivity (Wildman–Crippen MR) is 109 cm³/mol. The number of furan rings is 1. The summed E-state index contributed by atoms with van der Waals surface area (Å²) in [5, 5.41) is 12.0. The molecule has 0 unspecified atom stereocenters. The van der Waals surface area contributed by atoms with Crippen molar-refractivity contribution >= 4 is 28.9 Å². The summed E-state index contributed by atoms with van der Waals surface area (Å²) in [6.45, 7) is 6.65. The van der Waals surface area contributed by atoms with E-state index in [1.807, 2.05) is 53.5 Å². The van der Waals surface area contributed by atoms with E-state index < -0.39 is 0 Å². The van der Waals surface area contributed by atoms with Crippen LogP contribution in [0.15, 0.2) is 45.6 Å². The van der Waals surface area contributed by atoms with Crippen LogP contribution in [0.5, 0.6) is 0 Å². The molecule has 0 aliphatic carbocycles. The van der Waals surface area contributed by atoms with Crippen molar-refractivity contribution in [2.45, 2.75) is 32.5 Å². The predicted octanol–water partition coefficient (Wildman–Crippen LogP) is 4.40. The third kappa shape index (κ3) is 3.31. The van der Waals surface area contributed by atoms with Crippen molar-refractivity contribution in [3.8, 4) is 16.7 Å². The van der Waals surface area contributed by atoms with Crippen LogP contribution in [-0.4, -0.2) is 35.9 Å². The average Bonchev–Trinajstić information content (AvgIpc) is 3.46. The topological polar surface area (TPSA) is 78.7 Å². The smallest absolute Gasteiger partial charge is 0.200 e. The van der Waals surface area contributed by atoms with Crippen molar-refractivity contribution < 1.29 is 9.21 Å². The van der Waals surface area contributed by atoms with Crippen molar-refractivity contribution in [2.75, 3.05) is 5.75 Å². The molecule has 28 heavy (non-hydrogen) atoms. The molecule has 0 atom stereocenters. The lowest BCUT2D eigenvalue weighted by Gasteiger charge is -2.06. The summed E-state index contributed by atoms with van der Waals surface area (Å²) >= 11 is 2.94. The average molecular weight is 414 g/mol. The number of carbonyl (C=O) groups excluding carboxylic acids is 1. The lowest BCUT2D eigenvalue weighted by molar-refractivity contribution is 0.102. The second-order valence-electron chi connectivity index (χ2n) is 6.17. The fraction of sp³-hybridized carbons (Fsp3) is 0.263. The third-order valence-corrected chi connectivity index (χ3v) is 6.17. The van der Waals surface area contributed by atoms with E-state index in [0.29, 0.717) is 34.6 Å². The number of ketones is 1. The molecule has 0 aliphatic heterocycles. The van der Waals surface area contributed by atoms with Gasteiger partial charge in [0.05, 0.1) is 12.0 Å². The molecule has 0 saturated heterocycles. The molecule has 0 aliphatic rings. The lowest BCUT2D eigenvalue weighted by atomic mass is 10.2. The highest BCUT2D eigenvalue weighted by atomic mass is 32.2. The largest absolute Gasteiger partial charge is 0.461 e. The molecule has 0 saturated carbocycles. The quantitative estimate of drug-likeness (QED) is 0.330. The zero-order valence-corrected chi connectivity index (χ0v) is 17.4. The van der Waals surface area contributed by atoms with Gasteiger partial charge < -0.3 is 4.42 Å². The summed E-state index contributed by atoms with van der Waals surface area (Å²) in [6, 6.07) is 5.60. The van der Waals surface area contributed by atoms with E-state index in [4.69, 9.17) is 4.42 Å². The van der Waals surface area contributed by atoms with Gasteiger partial charge >= 0.3 is 0 Å². The van der Waals surface area contributed by atoms with E-state index in [0.717, 1.165) is 16.5 Å². The van der Waals surface area contributed by atoms with Crippen LogP contribution in [0.2, 0.25) is 0 Å². The van der Waals surface area contributed by atoms with Gasteiger partial charge in [-0.05, 0) is 39.0 Å². The molecule has 0 radical (unpaired) electrons. The van der Waals surface area contributed by atoms with Gasteiger partial charge in [0.25, 0.3) is 0 Å². The van der Waals surface area contributed by atoms with Crippen LogP contribution in [0.4, 0.5) is 0 Å². The summed E-state index contributed by atoms with van der Waals surface area (Å²) in [5.41, 5.74) is 2.62. The molecule has 0 amide bonds. The zero-order valence-electron chi connectivity index (χ0n) is 15.7. The summed E-state index contributed by atoms with van der Waals surface area (Å²) in [7, 11) is 0. The van der Waals surface area contributed by atoms with E-state index in [9.17, 15) is 4.79 Å². The number of thioether (sulfide) groups is 1. The van der Waals surface area contributed by atoms with Crippen molar-refractivity contribution in [2.24, 2.45) is 0 Å². The Kier molecular flexibility index (Phi) is 5.19. The third-order valence-electron chi connectivity index (χ3n) is 4.45. The maximum Gasteiger partial charge on any atom is 0.200 e. The molecule has 7 nitrogen and oxygen atoms in total. The molecule has 4 aromatic heterocycles. The first kappa shape index (κ1) is 18.7. The molecule has 4 heterocycles. The van der Waals surface area contributed by atoms with Crippen molar-refractivity contribution in [1.29, 1.82) is 0 Å². The van der Waals surface area contributed by atoms with Crippen LogP contribution in [0.1, 0.15) is 28.7 Å². The molecular weight excluding hydrogens is 394 g/mol. The highest BCUT2D eigenvalue weighted by molar-refractivity contribution is 7.99. The van der Waals surface area contributed by atoms with Gasteiger partial charge in [0.15, 0.2) is 27.7 Å². The van der Waals surface area contributed by atoms with Gasteiger partial charge in [0.1, 0.15) is 0 Å². The minimum Gasteiger partial charge on any atom is -0.461 e. The number of Topliss-reactive ketones (excluding diaryl/α,β-unsaturated/α-hetero) is 1. The van der Waals surface area contributed by atoms with Crippen LogP contribution in [-0.2, 0) is 6.54 Å². The van der Waals surface area contributed by atoms with Crippen LogP contribution >= 0.6 is 23.1 Å². The number of nitrogens with zero attached hydrogens (tertiary/aromatic N) is 5. The number of aromatic nitrogens is 5. The number of hydrogen-bond acceptors (Lipinski definition) is 7. The second-order valence-corrected chi connectivity index (χ2v) is 7.99. The van der Waals surface area contributed by atoms with Crippen molar-refractivity contribution in [1.82, 2.24) is 24.3 Å². The highest BCUT2D eigenvalue weighted by Gasteiger charge is 2.20. The van der Waals surface area contributed by atoms with Gasteiger partial charge in [0.2, 0.25) is 0 Å². The molecule has 4 rings (SSSR count). The SMILES string of the molecule is CCn1c(SCC(=O)c2cc(C)n(-c3nccs3)c2C)nnc1-c1ccco1. The van der Waals surface area contributed by atoms with Gasteiger partial charge in [-0.15, -0.1) is 21.5 Å². The number of hydrogen-bond donors (Lipinski definition) is 0. The highest BCUT2D eigenvalue weighted by Crippen LogP contribution is 2.27. The maximum absolute atomic E-state index is 12.9. The van der Waals surface area contributed by atoms with E-state index in [1.165, 1.54) is 11.8 Å². The van der Waals surface area contributed by atoms with Crippen molar-refractivity contribution in [3.63, 3.8) is 0 Å². The summed E-state index contributed by atoms with van der Waals surface area (Å²) in [5.74, 6) is 1.69. The lowest BCUT2D eigenvalue weighted by Crippen LogP contribution is -2.07. The Morgan fingerprint density at radius 3 is 2.86 bits per heavy atom. The first-order chi connectivity index (χ1) is 13.6. The summed E-state index contributed by atoms with van der Waals surface area (Å²) in [6.07, 6.45) is 3.38. The number of carbonyl (C=O) groups is 1. The maximum atomic E-state index is 12.9. The Morgan fingerprint density at radius 2 is 2.18 bits per heavy atom. The number of aryl methyl sites for hydroxylation is 1. The van der Waals surface area contributed by atoms with Gasteiger partial charge in [-0.25, -0.2) is 4.98 Å². The Morgan fingerprint density at radius 1 is 1.32 bits per heavy atom. The van der Waals surface area contributed by atoms with Gasteiger partial charge in [0, 0.05) is 35.1 Å². The Balaban J connectivity index is 1.54. The van der Waals surface area contributed by atoms with Gasteiger partial charge in [-0.1, -0.05) is 11.8 Å². The van der Waals surface area contributed by atoms with Crippen LogP contribution in [0.25, 0.3) is 16.7 Å².